The highest BCUT2D eigenvalue weighted by Crippen LogP contribution is 2.19. The lowest BCUT2D eigenvalue weighted by Gasteiger charge is -2.10. The Balaban J connectivity index is 3.79. The molecule has 0 aliphatic heterocycles. The molecule has 0 aliphatic rings. The fourth-order valence-electron chi connectivity index (χ4n) is 0.562. The van der Waals surface area contributed by atoms with Crippen LogP contribution in [0.15, 0.2) is 0 Å². The van der Waals surface area contributed by atoms with Crippen LogP contribution >= 0.6 is 31.9 Å². The summed E-state index contributed by atoms with van der Waals surface area (Å²) in [4.78, 5) is 19.4. The summed E-state index contributed by atoms with van der Waals surface area (Å²) in [6.07, 6.45) is 0.253. The van der Waals surface area contributed by atoms with E-state index in [2.05, 4.69) is 31.9 Å². The van der Waals surface area contributed by atoms with Crippen LogP contribution in [-0.2, 0) is 9.59 Å². The van der Waals surface area contributed by atoms with Crippen LogP contribution in [-0.4, -0.2) is 31.8 Å². The van der Waals surface area contributed by atoms with Gasteiger partial charge in [0.1, 0.15) is 4.83 Å². The first kappa shape index (κ1) is 11.9. The minimum atomic E-state index is -0.998. The molecule has 0 aliphatic carbocycles. The molecule has 0 bridgehead atoms. The lowest BCUT2D eigenvalue weighted by Crippen LogP contribution is -2.24. The van der Waals surface area contributed by atoms with Crippen LogP contribution < -0.4 is 0 Å². The molecule has 0 aromatic rings. The summed E-state index contributed by atoms with van der Waals surface area (Å²) in [5.74, 6) is -1.92. The fraction of sp³-hybridized carbons (Fsp3) is 0.667. The smallest absolute Gasteiger partial charge is 0.318 e. The van der Waals surface area contributed by atoms with E-state index >= 15 is 0 Å². The molecule has 0 rings (SSSR count). The molecule has 0 aromatic carbocycles. The maximum absolute atomic E-state index is 10.4. The van der Waals surface area contributed by atoms with Crippen molar-refractivity contribution in [3.8, 4) is 0 Å². The van der Waals surface area contributed by atoms with Crippen LogP contribution in [0.25, 0.3) is 0 Å². The summed E-state index contributed by atoms with van der Waals surface area (Å²) in [6, 6.07) is 0. The quantitative estimate of drug-likeness (QED) is 0.754. The summed E-state index contributed by atoms with van der Waals surface area (Å²) in [5, 5.41) is 16.8. The molecule has 0 radical (unpaired) electrons. The van der Waals surface area contributed by atoms with Crippen LogP contribution in [0.2, 0.25) is 0 Å². The number of hydrogen-bond acceptors (Lipinski definition) is 2. The molecule has 70 valence electrons. The maximum atomic E-state index is 10.4. The van der Waals surface area contributed by atoms with Crippen molar-refractivity contribution < 1.29 is 19.8 Å². The minimum Gasteiger partial charge on any atom is -0.481 e. The molecular formula is C6H8Br2O4. The molecule has 0 spiro atoms. The Kier molecular flexibility index (Phi) is 5.48. The Bertz CT molecular complexity index is 182. The van der Waals surface area contributed by atoms with E-state index < -0.39 is 16.8 Å². The van der Waals surface area contributed by atoms with Crippen molar-refractivity contribution in [2.24, 2.45) is 0 Å². The Hall–Kier alpha value is -0.100. The van der Waals surface area contributed by atoms with Gasteiger partial charge in [-0.3, -0.25) is 9.59 Å². The van der Waals surface area contributed by atoms with Gasteiger partial charge in [0.25, 0.3) is 0 Å². The topological polar surface area (TPSA) is 74.6 Å². The molecule has 0 saturated carbocycles. The lowest BCUT2D eigenvalue weighted by atomic mass is 10.2. The maximum Gasteiger partial charge on any atom is 0.318 e. The molecule has 0 amide bonds. The summed E-state index contributed by atoms with van der Waals surface area (Å²) < 4.78 is 0. The second-order valence-electron chi connectivity index (χ2n) is 2.19. The highest BCUT2D eigenvalue weighted by Gasteiger charge is 2.23. The van der Waals surface area contributed by atoms with Gasteiger partial charge in [-0.25, -0.2) is 0 Å². The van der Waals surface area contributed by atoms with Crippen molar-refractivity contribution in [2.75, 3.05) is 0 Å². The predicted molar refractivity (Wildman–Crippen MR) is 49.9 cm³/mol. The first-order valence-corrected chi connectivity index (χ1v) is 5.01. The Morgan fingerprint density at radius 2 is 1.75 bits per heavy atom. The van der Waals surface area contributed by atoms with E-state index in [1.54, 1.807) is 0 Å². The third-order valence-electron chi connectivity index (χ3n) is 1.19. The standard InChI is InChI=1S/C6H8Br2O4/c7-3(1-2-4(9)10)5(8)6(11)12/h3,5H,1-2H2,(H,9,10)(H,11,12)/t3-,5+/m1/s1. The average Bonchev–Trinajstić information content (AvgIpc) is 1.98. The van der Waals surface area contributed by atoms with Gasteiger partial charge in [-0.05, 0) is 6.42 Å². The van der Waals surface area contributed by atoms with Crippen LogP contribution in [0, 0.1) is 0 Å². The molecule has 0 saturated heterocycles. The third kappa shape index (κ3) is 4.71. The number of carboxylic acids is 2. The summed E-state index contributed by atoms with van der Waals surface area (Å²) in [5.41, 5.74) is 0. The fourth-order valence-corrected chi connectivity index (χ4v) is 1.28. The zero-order valence-corrected chi connectivity index (χ0v) is 9.21. The van der Waals surface area contributed by atoms with Crippen molar-refractivity contribution >= 4 is 43.8 Å². The van der Waals surface area contributed by atoms with Gasteiger partial charge in [-0.1, -0.05) is 31.9 Å². The lowest BCUT2D eigenvalue weighted by molar-refractivity contribution is -0.138. The first-order valence-electron chi connectivity index (χ1n) is 3.18. The Labute approximate surface area is 86.2 Å². The van der Waals surface area contributed by atoms with Crippen molar-refractivity contribution in [2.45, 2.75) is 22.5 Å². The van der Waals surface area contributed by atoms with Crippen molar-refractivity contribution in [3.05, 3.63) is 0 Å². The van der Waals surface area contributed by atoms with Crippen LogP contribution in [0.4, 0.5) is 0 Å². The van der Waals surface area contributed by atoms with E-state index in [1.165, 1.54) is 0 Å². The molecule has 2 N–H and O–H groups in total. The largest absolute Gasteiger partial charge is 0.481 e. The number of alkyl halides is 2. The predicted octanol–water partition coefficient (Wildman–Crippen LogP) is 1.46. The van der Waals surface area contributed by atoms with Crippen LogP contribution in [0.5, 0.6) is 0 Å². The van der Waals surface area contributed by atoms with Gasteiger partial charge in [0.15, 0.2) is 0 Å². The molecule has 2 atom stereocenters. The zero-order chi connectivity index (χ0) is 9.72. The summed E-state index contributed by atoms with van der Waals surface area (Å²) >= 11 is 6.00. The van der Waals surface area contributed by atoms with Gasteiger partial charge in [0, 0.05) is 11.2 Å². The van der Waals surface area contributed by atoms with E-state index in [1.807, 2.05) is 0 Å². The van der Waals surface area contributed by atoms with Crippen molar-refractivity contribution in [1.29, 1.82) is 0 Å². The second-order valence-corrected chi connectivity index (χ2v) is 4.35. The van der Waals surface area contributed by atoms with Crippen molar-refractivity contribution in [1.82, 2.24) is 0 Å². The average molecular weight is 304 g/mol. The normalized spacial score (nSPS) is 15.2. The number of hydrogen-bond donors (Lipinski definition) is 2. The van der Waals surface area contributed by atoms with E-state index in [-0.39, 0.29) is 17.7 Å². The van der Waals surface area contributed by atoms with Gasteiger partial charge >= 0.3 is 11.9 Å². The number of carboxylic acid groups (broad SMARTS) is 2. The van der Waals surface area contributed by atoms with Gasteiger partial charge in [0.2, 0.25) is 0 Å². The van der Waals surface area contributed by atoms with Crippen LogP contribution in [0.3, 0.4) is 0 Å². The Morgan fingerprint density at radius 3 is 2.08 bits per heavy atom. The summed E-state index contributed by atoms with van der Waals surface area (Å²) in [6.45, 7) is 0. The monoisotopic (exact) mass is 302 g/mol. The number of aliphatic carboxylic acids is 2. The summed E-state index contributed by atoms with van der Waals surface area (Å²) in [7, 11) is 0. The molecule has 0 fully saturated rings. The highest BCUT2D eigenvalue weighted by molar-refractivity contribution is 9.12. The third-order valence-corrected chi connectivity index (χ3v) is 3.91. The second kappa shape index (κ2) is 5.53. The van der Waals surface area contributed by atoms with E-state index in [0.29, 0.717) is 0 Å². The SMILES string of the molecule is O=C(O)CC[C@@H](Br)[C@H](Br)C(=O)O. The Morgan fingerprint density at radius 1 is 1.25 bits per heavy atom. The van der Waals surface area contributed by atoms with E-state index in [0.717, 1.165) is 0 Å². The molecule has 6 heteroatoms. The molecule has 4 nitrogen and oxygen atoms in total. The molecule has 0 heterocycles. The number of halogens is 2. The van der Waals surface area contributed by atoms with Crippen LogP contribution in [0.1, 0.15) is 12.8 Å². The molecule has 0 aromatic heterocycles. The van der Waals surface area contributed by atoms with Crippen molar-refractivity contribution in [3.63, 3.8) is 0 Å². The minimum absolute atomic E-state index is 0.0364. The van der Waals surface area contributed by atoms with E-state index in [9.17, 15) is 9.59 Å². The van der Waals surface area contributed by atoms with Gasteiger partial charge in [-0.2, -0.15) is 0 Å². The first-order chi connectivity index (χ1) is 5.45. The molecule has 12 heavy (non-hydrogen) atoms. The highest BCUT2D eigenvalue weighted by atomic mass is 79.9. The van der Waals surface area contributed by atoms with Gasteiger partial charge < -0.3 is 10.2 Å². The number of rotatable bonds is 5. The zero-order valence-electron chi connectivity index (χ0n) is 6.04. The molecular weight excluding hydrogens is 296 g/mol. The number of carbonyl (C=O) groups is 2. The molecule has 0 unspecified atom stereocenters. The van der Waals surface area contributed by atoms with Gasteiger partial charge in [-0.15, -0.1) is 0 Å². The van der Waals surface area contributed by atoms with Gasteiger partial charge in [0.05, 0.1) is 0 Å². The van der Waals surface area contributed by atoms with E-state index in [4.69, 9.17) is 10.2 Å².